The molecular weight excluding hydrogens is 174 g/mol. The van der Waals surface area contributed by atoms with Crippen LogP contribution in [-0.2, 0) is 13.0 Å². The van der Waals surface area contributed by atoms with Crippen molar-refractivity contribution in [2.75, 3.05) is 6.54 Å². The molecule has 0 bridgehead atoms. The van der Waals surface area contributed by atoms with Crippen molar-refractivity contribution in [3.8, 4) is 0 Å². The summed E-state index contributed by atoms with van der Waals surface area (Å²) in [6, 6.07) is 8.63. The van der Waals surface area contributed by atoms with Gasteiger partial charge in [0.25, 0.3) is 0 Å². The third kappa shape index (κ3) is 2.21. The molecule has 2 nitrogen and oxygen atoms in total. The van der Waals surface area contributed by atoms with Crippen LogP contribution in [0.2, 0.25) is 0 Å². The molecule has 1 heterocycles. The second-order valence-electron chi connectivity index (χ2n) is 2.70. The second-order valence-corrected chi connectivity index (χ2v) is 2.70. The summed E-state index contributed by atoms with van der Waals surface area (Å²) in [6.07, 6.45) is 1.19. The van der Waals surface area contributed by atoms with Gasteiger partial charge in [-0.05, 0) is 24.1 Å². The Morgan fingerprint density at radius 2 is 1.75 bits per heavy atom. The van der Waals surface area contributed by atoms with E-state index in [9.17, 15) is 0 Å². The van der Waals surface area contributed by atoms with E-state index in [1.165, 1.54) is 17.5 Å². The average Bonchev–Trinajstić information content (AvgIpc) is 2.05. The first-order valence-corrected chi connectivity index (χ1v) is 3.74. The SMILES string of the molecule is Cl.O.c1ccc2c(c1)CCNC2. The van der Waals surface area contributed by atoms with Crippen LogP contribution in [-0.4, -0.2) is 12.0 Å². The van der Waals surface area contributed by atoms with Gasteiger partial charge in [0.2, 0.25) is 0 Å². The Labute approximate surface area is 78.7 Å². The highest BCUT2D eigenvalue weighted by atomic mass is 35.5. The molecule has 0 atom stereocenters. The number of nitrogens with one attached hydrogen (secondary N) is 1. The van der Waals surface area contributed by atoms with Crippen molar-refractivity contribution in [2.45, 2.75) is 13.0 Å². The number of rotatable bonds is 0. The minimum atomic E-state index is 0. The van der Waals surface area contributed by atoms with Crippen LogP contribution in [0.4, 0.5) is 0 Å². The topological polar surface area (TPSA) is 43.5 Å². The zero-order valence-electron chi connectivity index (χ0n) is 6.84. The van der Waals surface area contributed by atoms with Crippen molar-refractivity contribution in [2.24, 2.45) is 0 Å². The molecule has 3 N–H and O–H groups in total. The zero-order chi connectivity index (χ0) is 6.81. The summed E-state index contributed by atoms with van der Waals surface area (Å²) >= 11 is 0. The van der Waals surface area contributed by atoms with Gasteiger partial charge in [-0.25, -0.2) is 0 Å². The Bertz CT molecular complexity index is 215. The lowest BCUT2D eigenvalue weighted by Gasteiger charge is -2.15. The molecule has 1 aromatic rings. The van der Waals surface area contributed by atoms with Crippen molar-refractivity contribution in [3.05, 3.63) is 35.4 Å². The number of halogens is 1. The van der Waals surface area contributed by atoms with Gasteiger partial charge in [-0.1, -0.05) is 24.3 Å². The molecule has 1 aliphatic rings. The Hall–Kier alpha value is -0.570. The van der Waals surface area contributed by atoms with Gasteiger partial charge in [-0.2, -0.15) is 0 Å². The molecule has 0 unspecified atom stereocenters. The summed E-state index contributed by atoms with van der Waals surface area (Å²) in [5.74, 6) is 0. The van der Waals surface area contributed by atoms with E-state index < -0.39 is 0 Å². The number of hydrogen-bond acceptors (Lipinski definition) is 1. The van der Waals surface area contributed by atoms with Crippen LogP contribution in [0.25, 0.3) is 0 Å². The maximum absolute atomic E-state index is 3.34. The molecule has 0 radical (unpaired) electrons. The summed E-state index contributed by atoms with van der Waals surface area (Å²) in [5, 5.41) is 3.34. The molecule has 0 amide bonds. The van der Waals surface area contributed by atoms with Gasteiger partial charge >= 0.3 is 0 Å². The third-order valence-corrected chi connectivity index (χ3v) is 2.00. The van der Waals surface area contributed by atoms with Crippen LogP contribution in [0.15, 0.2) is 24.3 Å². The molecule has 0 aromatic heterocycles. The van der Waals surface area contributed by atoms with Crippen LogP contribution >= 0.6 is 12.4 Å². The molecule has 68 valence electrons. The smallest absolute Gasteiger partial charge is 0.0208 e. The Morgan fingerprint density at radius 3 is 2.42 bits per heavy atom. The molecular formula is C9H14ClNO. The molecule has 3 heteroatoms. The third-order valence-electron chi connectivity index (χ3n) is 2.00. The van der Waals surface area contributed by atoms with Gasteiger partial charge in [-0.3, -0.25) is 0 Å². The first kappa shape index (κ1) is 11.4. The van der Waals surface area contributed by atoms with E-state index in [1.807, 2.05) is 0 Å². The van der Waals surface area contributed by atoms with Gasteiger partial charge < -0.3 is 10.8 Å². The normalized spacial score (nSPS) is 13.7. The van der Waals surface area contributed by atoms with Crippen LogP contribution in [0, 0.1) is 0 Å². The summed E-state index contributed by atoms with van der Waals surface area (Å²) < 4.78 is 0. The van der Waals surface area contributed by atoms with Crippen molar-refractivity contribution < 1.29 is 5.48 Å². The maximum Gasteiger partial charge on any atom is 0.0208 e. The van der Waals surface area contributed by atoms with E-state index in [0.717, 1.165) is 13.1 Å². The van der Waals surface area contributed by atoms with E-state index in [0.29, 0.717) is 0 Å². The van der Waals surface area contributed by atoms with E-state index >= 15 is 0 Å². The summed E-state index contributed by atoms with van der Waals surface area (Å²) in [7, 11) is 0. The van der Waals surface area contributed by atoms with Crippen molar-refractivity contribution in [1.82, 2.24) is 5.32 Å². The van der Waals surface area contributed by atoms with Crippen molar-refractivity contribution in [1.29, 1.82) is 0 Å². The highest BCUT2D eigenvalue weighted by Gasteiger charge is 2.05. The number of benzene rings is 1. The average molecular weight is 188 g/mol. The van der Waals surface area contributed by atoms with E-state index in [4.69, 9.17) is 0 Å². The molecule has 2 rings (SSSR count). The van der Waals surface area contributed by atoms with Gasteiger partial charge in [0.05, 0.1) is 0 Å². The van der Waals surface area contributed by atoms with Gasteiger partial charge in [0, 0.05) is 6.54 Å². The molecule has 0 spiro atoms. The van der Waals surface area contributed by atoms with Gasteiger partial charge in [0.1, 0.15) is 0 Å². The quantitative estimate of drug-likeness (QED) is 0.645. The first-order valence-electron chi connectivity index (χ1n) is 3.74. The predicted molar refractivity (Wildman–Crippen MR) is 52.7 cm³/mol. The Morgan fingerprint density at radius 1 is 1.08 bits per heavy atom. The largest absolute Gasteiger partial charge is 0.412 e. The van der Waals surface area contributed by atoms with Crippen LogP contribution < -0.4 is 5.32 Å². The summed E-state index contributed by atoms with van der Waals surface area (Å²) in [4.78, 5) is 0. The minimum Gasteiger partial charge on any atom is -0.412 e. The van der Waals surface area contributed by atoms with Crippen molar-refractivity contribution in [3.63, 3.8) is 0 Å². The predicted octanol–water partition coefficient (Wildman–Crippen LogP) is 0.929. The first-order chi connectivity index (χ1) is 4.97. The van der Waals surface area contributed by atoms with E-state index in [-0.39, 0.29) is 17.9 Å². The lowest BCUT2D eigenvalue weighted by Crippen LogP contribution is -2.23. The Kier molecular flexibility index (Phi) is 4.90. The monoisotopic (exact) mass is 187 g/mol. The molecule has 0 saturated heterocycles. The fourth-order valence-electron chi connectivity index (χ4n) is 1.42. The summed E-state index contributed by atoms with van der Waals surface area (Å²) in [5.41, 5.74) is 2.98. The molecule has 12 heavy (non-hydrogen) atoms. The number of fused-ring (bicyclic) bond motifs is 1. The van der Waals surface area contributed by atoms with Crippen LogP contribution in [0.5, 0.6) is 0 Å². The molecule has 0 fully saturated rings. The zero-order valence-corrected chi connectivity index (χ0v) is 7.66. The lowest BCUT2D eigenvalue weighted by atomic mass is 10.0. The Balaban J connectivity index is 0.000000605. The highest BCUT2D eigenvalue weighted by molar-refractivity contribution is 5.85. The number of hydrogen-bond donors (Lipinski definition) is 1. The standard InChI is InChI=1S/C9H11N.ClH.H2O/c1-2-4-9-7-10-6-5-8(9)3-1;;/h1-4,10H,5-7H2;1H;1H2. The van der Waals surface area contributed by atoms with E-state index in [1.54, 1.807) is 0 Å². The minimum absolute atomic E-state index is 0. The second kappa shape index (κ2) is 5.14. The highest BCUT2D eigenvalue weighted by Crippen LogP contribution is 2.11. The fraction of sp³-hybridized carbons (Fsp3) is 0.333. The van der Waals surface area contributed by atoms with Crippen molar-refractivity contribution >= 4 is 12.4 Å². The van der Waals surface area contributed by atoms with Crippen LogP contribution in [0.3, 0.4) is 0 Å². The molecule has 0 aliphatic carbocycles. The fourth-order valence-corrected chi connectivity index (χ4v) is 1.42. The van der Waals surface area contributed by atoms with Gasteiger partial charge in [-0.15, -0.1) is 12.4 Å². The molecule has 1 aromatic carbocycles. The molecule has 0 saturated carbocycles. The lowest BCUT2D eigenvalue weighted by molar-refractivity contribution is 0.644. The molecule has 1 aliphatic heterocycles. The van der Waals surface area contributed by atoms with Crippen LogP contribution in [0.1, 0.15) is 11.1 Å². The van der Waals surface area contributed by atoms with E-state index in [2.05, 4.69) is 29.6 Å². The summed E-state index contributed by atoms with van der Waals surface area (Å²) in [6.45, 7) is 2.19. The maximum atomic E-state index is 3.34. The van der Waals surface area contributed by atoms with Gasteiger partial charge in [0.15, 0.2) is 0 Å².